The Morgan fingerprint density at radius 2 is 2.09 bits per heavy atom. The molecule has 5 nitrogen and oxygen atoms in total. The van der Waals surface area contributed by atoms with E-state index in [4.69, 9.17) is 0 Å². The number of aliphatic hydroxyl groups is 1. The molecule has 23 heavy (non-hydrogen) atoms. The first-order valence-corrected chi connectivity index (χ1v) is 8.32. The van der Waals surface area contributed by atoms with Crippen LogP contribution in [-0.2, 0) is 11.2 Å². The van der Waals surface area contributed by atoms with Crippen molar-refractivity contribution < 1.29 is 14.7 Å². The highest BCUT2D eigenvalue weighted by atomic mass is 16.3. The Balaban J connectivity index is 2.00. The van der Waals surface area contributed by atoms with Crippen LogP contribution in [-0.4, -0.2) is 36.1 Å². The van der Waals surface area contributed by atoms with Crippen molar-refractivity contribution in [3.8, 4) is 0 Å². The minimum atomic E-state index is -0.357. The van der Waals surface area contributed by atoms with Crippen LogP contribution in [0.1, 0.15) is 49.5 Å². The fraction of sp³-hybridized carbons (Fsp3) is 0.556. The largest absolute Gasteiger partial charge is 0.393 e. The van der Waals surface area contributed by atoms with Gasteiger partial charge in [-0.1, -0.05) is 13.8 Å². The van der Waals surface area contributed by atoms with Crippen LogP contribution in [0.5, 0.6) is 0 Å². The molecule has 2 rings (SSSR count). The predicted octanol–water partition coefficient (Wildman–Crippen LogP) is 2.12. The minimum absolute atomic E-state index is 0.106. The molecule has 0 fully saturated rings. The number of amides is 2. The second-order valence-electron chi connectivity index (χ2n) is 6.39. The smallest absolute Gasteiger partial charge is 0.251 e. The molecule has 2 atom stereocenters. The van der Waals surface area contributed by atoms with Gasteiger partial charge in [0.1, 0.15) is 0 Å². The van der Waals surface area contributed by atoms with Gasteiger partial charge in [-0.3, -0.25) is 9.59 Å². The van der Waals surface area contributed by atoms with Crippen molar-refractivity contribution in [2.75, 3.05) is 18.0 Å². The summed E-state index contributed by atoms with van der Waals surface area (Å²) in [6, 6.07) is 5.52. The molecule has 1 aromatic carbocycles. The third kappa shape index (κ3) is 4.32. The highest BCUT2D eigenvalue weighted by molar-refractivity contribution is 5.98. The van der Waals surface area contributed by atoms with E-state index in [0.29, 0.717) is 31.5 Å². The summed E-state index contributed by atoms with van der Waals surface area (Å²) in [5, 5.41) is 12.3. The number of nitrogens with zero attached hydrogens (tertiary/aromatic N) is 1. The summed E-state index contributed by atoms with van der Waals surface area (Å²) in [4.78, 5) is 25.9. The van der Waals surface area contributed by atoms with Gasteiger partial charge in [-0.25, -0.2) is 0 Å². The summed E-state index contributed by atoms with van der Waals surface area (Å²) < 4.78 is 0. The van der Waals surface area contributed by atoms with Crippen LogP contribution in [0.15, 0.2) is 18.2 Å². The van der Waals surface area contributed by atoms with Gasteiger partial charge in [0.15, 0.2) is 0 Å². The van der Waals surface area contributed by atoms with E-state index in [-0.39, 0.29) is 23.8 Å². The number of rotatable bonds is 6. The van der Waals surface area contributed by atoms with Gasteiger partial charge < -0.3 is 15.3 Å². The van der Waals surface area contributed by atoms with Gasteiger partial charge in [0.05, 0.1) is 6.10 Å². The number of nitrogens with one attached hydrogen (secondary N) is 1. The summed E-state index contributed by atoms with van der Waals surface area (Å²) in [7, 11) is 0. The number of aliphatic hydroxyl groups excluding tert-OH is 1. The number of benzene rings is 1. The molecule has 126 valence electrons. The molecule has 2 unspecified atom stereocenters. The first kappa shape index (κ1) is 17.5. The van der Waals surface area contributed by atoms with E-state index in [0.717, 1.165) is 17.7 Å². The second kappa shape index (κ2) is 7.59. The molecule has 0 radical (unpaired) electrons. The van der Waals surface area contributed by atoms with Crippen LogP contribution >= 0.6 is 0 Å². The number of hydrogen-bond acceptors (Lipinski definition) is 3. The number of carbonyl (C=O) groups is 2. The highest BCUT2D eigenvalue weighted by Gasteiger charge is 2.24. The normalized spacial score (nSPS) is 15.9. The first-order valence-electron chi connectivity index (χ1n) is 8.32. The fourth-order valence-corrected chi connectivity index (χ4v) is 3.03. The molecule has 0 aromatic heterocycles. The molecule has 0 spiro atoms. The van der Waals surface area contributed by atoms with Crippen molar-refractivity contribution in [2.24, 2.45) is 5.92 Å². The standard InChI is InChI=1S/C18H26N2O3/c1-4-17(22)20-8-7-14-10-15(5-6-16(14)20)18(23)19-11-12(2)9-13(3)21/h5-6,10,12-13,21H,4,7-9,11H2,1-3H3,(H,19,23). The maximum atomic E-state index is 12.3. The Labute approximate surface area is 137 Å². The average molecular weight is 318 g/mol. The van der Waals surface area contributed by atoms with Crippen LogP contribution in [0.2, 0.25) is 0 Å². The van der Waals surface area contributed by atoms with Crippen LogP contribution in [0.3, 0.4) is 0 Å². The van der Waals surface area contributed by atoms with Crippen molar-refractivity contribution >= 4 is 17.5 Å². The lowest BCUT2D eigenvalue weighted by Crippen LogP contribution is -2.29. The van der Waals surface area contributed by atoms with Gasteiger partial charge in [-0.15, -0.1) is 0 Å². The third-order valence-corrected chi connectivity index (χ3v) is 4.20. The SMILES string of the molecule is CCC(=O)N1CCc2cc(C(=O)NCC(C)CC(C)O)ccc21. The number of carbonyl (C=O) groups excluding carboxylic acids is 2. The molecule has 0 saturated heterocycles. The van der Waals surface area contributed by atoms with Gasteiger partial charge >= 0.3 is 0 Å². The van der Waals surface area contributed by atoms with Crippen molar-refractivity contribution in [1.82, 2.24) is 5.32 Å². The van der Waals surface area contributed by atoms with Crippen molar-refractivity contribution in [3.05, 3.63) is 29.3 Å². The molecule has 0 bridgehead atoms. The second-order valence-corrected chi connectivity index (χ2v) is 6.39. The Kier molecular flexibility index (Phi) is 5.77. The van der Waals surface area contributed by atoms with Gasteiger partial charge in [-0.2, -0.15) is 0 Å². The average Bonchev–Trinajstić information content (AvgIpc) is 2.94. The summed E-state index contributed by atoms with van der Waals surface area (Å²) in [5.74, 6) is 0.240. The Hall–Kier alpha value is -1.88. The fourth-order valence-electron chi connectivity index (χ4n) is 3.03. The minimum Gasteiger partial charge on any atom is -0.393 e. The van der Waals surface area contributed by atoms with Crippen molar-refractivity contribution in [2.45, 2.75) is 46.1 Å². The first-order chi connectivity index (χ1) is 10.9. The summed E-state index contributed by atoms with van der Waals surface area (Å²) in [5.41, 5.74) is 2.60. The van der Waals surface area contributed by atoms with E-state index in [1.54, 1.807) is 17.9 Å². The summed E-state index contributed by atoms with van der Waals surface area (Å²) in [6.07, 6.45) is 1.59. The number of anilines is 1. The van der Waals surface area contributed by atoms with E-state index in [1.807, 2.05) is 26.0 Å². The molecule has 0 saturated carbocycles. The van der Waals surface area contributed by atoms with Gasteiger partial charge in [0.25, 0.3) is 5.91 Å². The monoisotopic (exact) mass is 318 g/mol. The molecular formula is C18H26N2O3. The maximum absolute atomic E-state index is 12.3. The molecular weight excluding hydrogens is 292 g/mol. The van der Waals surface area contributed by atoms with E-state index in [2.05, 4.69) is 5.32 Å². The lowest BCUT2D eigenvalue weighted by molar-refractivity contribution is -0.118. The van der Waals surface area contributed by atoms with Crippen molar-refractivity contribution in [3.63, 3.8) is 0 Å². The molecule has 0 aliphatic carbocycles. The Morgan fingerprint density at radius 1 is 1.35 bits per heavy atom. The highest BCUT2D eigenvalue weighted by Crippen LogP contribution is 2.29. The molecule has 2 amide bonds. The zero-order valence-corrected chi connectivity index (χ0v) is 14.1. The van der Waals surface area contributed by atoms with E-state index in [1.165, 1.54) is 0 Å². The van der Waals surface area contributed by atoms with E-state index < -0.39 is 0 Å². The molecule has 1 aliphatic rings. The Bertz CT molecular complexity index is 584. The maximum Gasteiger partial charge on any atom is 0.251 e. The van der Waals surface area contributed by atoms with E-state index >= 15 is 0 Å². The van der Waals surface area contributed by atoms with E-state index in [9.17, 15) is 14.7 Å². The van der Waals surface area contributed by atoms with Gasteiger partial charge in [-0.05, 0) is 49.4 Å². The lowest BCUT2D eigenvalue weighted by Gasteiger charge is -2.17. The van der Waals surface area contributed by atoms with Gasteiger partial charge in [0.2, 0.25) is 5.91 Å². The quantitative estimate of drug-likeness (QED) is 0.844. The number of hydrogen-bond donors (Lipinski definition) is 2. The Morgan fingerprint density at radius 3 is 2.74 bits per heavy atom. The third-order valence-electron chi connectivity index (χ3n) is 4.20. The van der Waals surface area contributed by atoms with Crippen LogP contribution in [0.4, 0.5) is 5.69 Å². The van der Waals surface area contributed by atoms with Crippen LogP contribution < -0.4 is 10.2 Å². The zero-order valence-electron chi connectivity index (χ0n) is 14.1. The lowest BCUT2D eigenvalue weighted by atomic mass is 10.0. The zero-order chi connectivity index (χ0) is 17.0. The molecule has 1 aromatic rings. The predicted molar refractivity (Wildman–Crippen MR) is 90.6 cm³/mol. The molecule has 1 aliphatic heterocycles. The molecule has 2 N–H and O–H groups in total. The van der Waals surface area contributed by atoms with Crippen LogP contribution in [0.25, 0.3) is 0 Å². The topological polar surface area (TPSA) is 69.6 Å². The molecule has 5 heteroatoms. The number of fused-ring (bicyclic) bond motifs is 1. The van der Waals surface area contributed by atoms with Gasteiger partial charge in [0, 0.05) is 30.8 Å². The molecule has 1 heterocycles. The van der Waals surface area contributed by atoms with Crippen LogP contribution in [0, 0.1) is 5.92 Å². The van der Waals surface area contributed by atoms with Crippen molar-refractivity contribution in [1.29, 1.82) is 0 Å². The summed E-state index contributed by atoms with van der Waals surface area (Å²) >= 11 is 0. The summed E-state index contributed by atoms with van der Waals surface area (Å²) in [6.45, 7) is 6.85.